The Morgan fingerprint density at radius 2 is 1.77 bits per heavy atom. The minimum Gasteiger partial charge on any atom is -0.382 e. The lowest BCUT2D eigenvalue weighted by Crippen LogP contribution is -2.21. The standard InChI is InChI=1S/C18H21F3N2O2S/c1-11-4-5-14(12(2)8-11)9-13(3)23-15-6-7-17(26(22,24)25)16(10-15)18(19,20)21/h4-8,10,13,23H,9H2,1-3H3,(H2,22,24,25). The molecule has 4 nitrogen and oxygen atoms in total. The zero-order valence-corrected chi connectivity index (χ0v) is 15.5. The second-order valence-electron chi connectivity index (χ2n) is 6.43. The second-order valence-corrected chi connectivity index (χ2v) is 7.96. The number of halogens is 3. The molecule has 0 spiro atoms. The number of anilines is 1. The third-order valence-corrected chi connectivity index (χ3v) is 5.00. The Hall–Kier alpha value is -2.06. The summed E-state index contributed by atoms with van der Waals surface area (Å²) in [6.45, 7) is 5.82. The van der Waals surface area contributed by atoms with E-state index in [1.54, 1.807) is 0 Å². The predicted octanol–water partition coefficient (Wildman–Crippen LogP) is 4.01. The van der Waals surface area contributed by atoms with Gasteiger partial charge >= 0.3 is 6.18 Å². The summed E-state index contributed by atoms with van der Waals surface area (Å²) in [4.78, 5) is -0.933. The lowest BCUT2D eigenvalue weighted by molar-refractivity contribution is -0.139. The van der Waals surface area contributed by atoms with Crippen molar-refractivity contribution in [3.05, 3.63) is 58.7 Å². The fraction of sp³-hybridized carbons (Fsp3) is 0.333. The first-order valence-electron chi connectivity index (χ1n) is 7.94. The van der Waals surface area contributed by atoms with Gasteiger partial charge < -0.3 is 5.32 Å². The number of hydrogen-bond acceptors (Lipinski definition) is 3. The molecule has 0 heterocycles. The van der Waals surface area contributed by atoms with E-state index in [9.17, 15) is 21.6 Å². The number of primary sulfonamides is 1. The molecule has 3 N–H and O–H groups in total. The number of nitrogens with two attached hydrogens (primary N) is 1. The molecule has 0 saturated heterocycles. The van der Waals surface area contributed by atoms with Gasteiger partial charge in [0.15, 0.2) is 0 Å². The maximum atomic E-state index is 13.2. The highest BCUT2D eigenvalue weighted by atomic mass is 32.2. The third-order valence-electron chi connectivity index (χ3n) is 4.03. The molecule has 0 aliphatic heterocycles. The molecular weight excluding hydrogens is 365 g/mol. The van der Waals surface area contributed by atoms with E-state index in [0.717, 1.165) is 28.8 Å². The molecule has 0 radical (unpaired) electrons. The first-order valence-corrected chi connectivity index (χ1v) is 9.49. The lowest BCUT2D eigenvalue weighted by Gasteiger charge is -2.19. The van der Waals surface area contributed by atoms with Gasteiger partial charge in [-0.1, -0.05) is 23.8 Å². The molecule has 1 unspecified atom stereocenters. The molecule has 0 fully saturated rings. The van der Waals surface area contributed by atoms with Crippen molar-refractivity contribution >= 4 is 15.7 Å². The number of rotatable bonds is 5. The van der Waals surface area contributed by atoms with Gasteiger partial charge in [-0.05, 0) is 56.5 Å². The van der Waals surface area contributed by atoms with Gasteiger partial charge in [0.25, 0.3) is 0 Å². The summed E-state index contributed by atoms with van der Waals surface area (Å²) in [6, 6.07) is 8.81. The number of hydrogen-bond donors (Lipinski definition) is 2. The summed E-state index contributed by atoms with van der Waals surface area (Å²) in [6.07, 6.45) is -4.21. The van der Waals surface area contributed by atoms with Gasteiger partial charge in [0.1, 0.15) is 0 Å². The Bertz CT molecular complexity index is 909. The maximum Gasteiger partial charge on any atom is 0.417 e. The Morgan fingerprint density at radius 1 is 1.12 bits per heavy atom. The van der Waals surface area contributed by atoms with E-state index in [4.69, 9.17) is 5.14 Å². The van der Waals surface area contributed by atoms with Gasteiger partial charge in [0, 0.05) is 11.7 Å². The van der Waals surface area contributed by atoms with E-state index in [1.165, 1.54) is 6.07 Å². The van der Waals surface area contributed by atoms with E-state index in [1.807, 2.05) is 39.0 Å². The molecule has 0 aromatic heterocycles. The molecular formula is C18H21F3N2O2S. The van der Waals surface area contributed by atoms with Crippen molar-refractivity contribution in [1.82, 2.24) is 0 Å². The third kappa shape index (κ3) is 4.98. The van der Waals surface area contributed by atoms with Gasteiger partial charge in [-0.25, -0.2) is 13.6 Å². The summed E-state index contributed by atoms with van der Waals surface area (Å²) >= 11 is 0. The van der Waals surface area contributed by atoms with Crippen LogP contribution in [0.4, 0.5) is 18.9 Å². The van der Waals surface area contributed by atoms with Gasteiger partial charge in [0.2, 0.25) is 10.0 Å². The monoisotopic (exact) mass is 386 g/mol. The number of sulfonamides is 1. The van der Waals surface area contributed by atoms with Crippen LogP contribution in [-0.4, -0.2) is 14.5 Å². The summed E-state index contributed by atoms with van der Waals surface area (Å²) in [5.74, 6) is 0. The van der Waals surface area contributed by atoms with Crippen molar-refractivity contribution in [2.45, 2.75) is 44.3 Å². The zero-order valence-electron chi connectivity index (χ0n) is 14.7. The van der Waals surface area contributed by atoms with Crippen LogP contribution < -0.4 is 10.5 Å². The topological polar surface area (TPSA) is 72.2 Å². The van der Waals surface area contributed by atoms with Crippen molar-refractivity contribution in [3.63, 3.8) is 0 Å². The Morgan fingerprint density at radius 3 is 2.31 bits per heavy atom. The molecule has 1 atom stereocenters. The smallest absolute Gasteiger partial charge is 0.382 e. The van der Waals surface area contributed by atoms with Crippen LogP contribution in [0.1, 0.15) is 29.2 Å². The fourth-order valence-corrected chi connectivity index (χ4v) is 3.57. The van der Waals surface area contributed by atoms with Crippen LogP contribution in [-0.2, 0) is 22.6 Å². The number of aryl methyl sites for hydroxylation is 2. The molecule has 2 aromatic carbocycles. The van der Waals surface area contributed by atoms with E-state index >= 15 is 0 Å². The van der Waals surface area contributed by atoms with Crippen LogP contribution in [0.3, 0.4) is 0 Å². The number of benzene rings is 2. The molecule has 0 bridgehead atoms. The first kappa shape index (κ1) is 20.3. The Kier molecular flexibility index (Phi) is 5.67. The molecule has 2 aromatic rings. The zero-order chi connectivity index (χ0) is 19.7. The average molecular weight is 386 g/mol. The second kappa shape index (κ2) is 7.28. The van der Waals surface area contributed by atoms with E-state index in [0.29, 0.717) is 6.42 Å². The van der Waals surface area contributed by atoms with E-state index < -0.39 is 26.7 Å². The first-order chi connectivity index (χ1) is 11.9. The van der Waals surface area contributed by atoms with Crippen molar-refractivity contribution in [1.29, 1.82) is 0 Å². The number of nitrogens with one attached hydrogen (secondary N) is 1. The predicted molar refractivity (Wildman–Crippen MR) is 95.5 cm³/mol. The maximum absolute atomic E-state index is 13.2. The van der Waals surface area contributed by atoms with Crippen LogP contribution in [0.25, 0.3) is 0 Å². The highest BCUT2D eigenvalue weighted by Crippen LogP contribution is 2.35. The van der Waals surface area contributed by atoms with Crippen LogP contribution in [0.15, 0.2) is 41.3 Å². The molecule has 8 heteroatoms. The van der Waals surface area contributed by atoms with E-state index in [2.05, 4.69) is 5.32 Å². The summed E-state index contributed by atoms with van der Waals surface area (Å²) in [7, 11) is -4.47. The average Bonchev–Trinajstić information content (AvgIpc) is 2.48. The normalized spacial score (nSPS) is 13.5. The molecule has 0 aliphatic carbocycles. The summed E-state index contributed by atoms with van der Waals surface area (Å²) in [5, 5.41) is 7.88. The van der Waals surface area contributed by atoms with Crippen LogP contribution in [0.5, 0.6) is 0 Å². The van der Waals surface area contributed by atoms with Gasteiger partial charge in [-0.3, -0.25) is 0 Å². The minimum absolute atomic E-state index is 0.155. The largest absolute Gasteiger partial charge is 0.417 e. The Labute approximate surface area is 151 Å². The van der Waals surface area contributed by atoms with Crippen LogP contribution >= 0.6 is 0 Å². The molecule has 0 amide bonds. The SMILES string of the molecule is Cc1ccc(CC(C)Nc2ccc(S(N)(=O)=O)c(C(F)(F)F)c2)c(C)c1. The fourth-order valence-electron chi connectivity index (χ4n) is 2.83. The van der Waals surface area contributed by atoms with Crippen LogP contribution in [0, 0.1) is 13.8 Å². The van der Waals surface area contributed by atoms with Crippen molar-refractivity contribution < 1.29 is 21.6 Å². The Balaban J connectivity index is 2.26. The van der Waals surface area contributed by atoms with Crippen molar-refractivity contribution in [2.75, 3.05) is 5.32 Å². The molecule has 0 saturated carbocycles. The van der Waals surface area contributed by atoms with Gasteiger partial charge in [-0.15, -0.1) is 0 Å². The molecule has 2 rings (SSSR count). The highest BCUT2D eigenvalue weighted by molar-refractivity contribution is 7.89. The molecule has 142 valence electrons. The van der Waals surface area contributed by atoms with Gasteiger partial charge in [-0.2, -0.15) is 13.2 Å². The van der Waals surface area contributed by atoms with E-state index in [-0.39, 0.29) is 11.7 Å². The van der Waals surface area contributed by atoms with Gasteiger partial charge in [0.05, 0.1) is 10.5 Å². The van der Waals surface area contributed by atoms with Crippen molar-refractivity contribution in [3.8, 4) is 0 Å². The van der Waals surface area contributed by atoms with Crippen LogP contribution in [0.2, 0.25) is 0 Å². The quantitative estimate of drug-likeness (QED) is 0.815. The molecule has 0 aliphatic rings. The lowest BCUT2D eigenvalue weighted by atomic mass is 10.00. The highest BCUT2D eigenvalue weighted by Gasteiger charge is 2.36. The summed E-state index contributed by atoms with van der Waals surface area (Å²) in [5.41, 5.74) is 2.25. The van der Waals surface area contributed by atoms with Crippen molar-refractivity contribution in [2.24, 2.45) is 5.14 Å². The minimum atomic E-state index is -4.82. The molecule has 26 heavy (non-hydrogen) atoms. The summed E-state index contributed by atoms with van der Waals surface area (Å²) < 4.78 is 62.4. The number of alkyl halides is 3.